The molecule has 2 rings (SSSR count). The summed E-state index contributed by atoms with van der Waals surface area (Å²) >= 11 is 3.30. The number of amides is 2. The Bertz CT molecular complexity index is 745. The number of hydrazone groups is 1. The van der Waals surface area contributed by atoms with Gasteiger partial charge in [-0.1, -0.05) is 12.1 Å². The van der Waals surface area contributed by atoms with Crippen molar-refractivity contribution in [2.45, 2.75) is 6.42 Å². The zero-order valence-electron chi connectivity index (χ0n) is 12.7. The second-order valence-corrected chi connectivity index (χ2v) is 5.72. The number of benzene rings is 2. The fraction of sp³-hybridized carbons (Fsp3) is 0.118. The highest BCUT2D eigenvalue weighted by molar-refractivity contribution is 9.10. The Labute approximate surface area is 147 Å². The van der Waals surface area contributed by atoms with E-state index in [1.54, 1.807) is 30.3 Å². The van der Waals surface area contributed by atoms with Gasteiger partial charge in [0, 0.05) is 17.4 Å². The van der Waals surface area contributed by atoms with E-state index in [0.29, 0.717) is 10.0 Å². The molecule has 6 nitrogen and oxygen atoms in total. The molecule has 0 spiro atoms. The molecule has 0 aromatic heterocycles. The van der Waals surface area contributed by atoms with Crippen LogP contribution in [-0.4, -0.2) is 29.7 Å². The average molecular weight is 390 g/mol. The number of halogens is 1. The zero-order valence-corrected chi connectivity index (χ0v) is 14.3. The van der Waals surface area contributed by atoms with Crippen LogP contribution in [0.3, 0.4) is 0 Å². The van der Waals surface area contributed by atoms with Gasteiger partial charge in [-0.2, -0.15) is 5.10 Å². The molecule has 124 valence electrons. The number of hydrogen-bond acceptors (Lipinski definition) is 4. The minimum absolute atomic E-state index is 0.114. The van der Waals surface area contributed by atoms with Crippen LogP contribution < -0.4 is 10.7 Å². The molecule has 2 amide bonds. The van der Waals surface area contributed by atoms with Gasteiger partial charge in [0.25, 0.3) is 5.91 Å². The Kier molecular flexibility index (Phi) is 6.51. The van der Waals surface area contributed by atoms with E-state index in [2.05, 4.69) is 31.8 Å². The lowest BCUT2D eigenvalue weighted by atomic mass is 10.2. The van der Waals surface area contributed by atoms with Crippen LogP contribution in [0, 0.1) is 0 Å². The summed E-state index contributed by atoms with van der Waals surface area (Å²) in [5.74, 6) is -0.391. The molecule has 0 radical (unpaired) electrons. The third kappa shape index (κ3) is 5.51. The number of phenolic OH excluding ortho intramolecular Hbond substituents is 1. The maximum atomic E-state index is 12.0. The monoisotopic (exact) mass is 389 g/mol. The fourth-order valence-electron chi connectivity index (χ4n) is 1.83. The summed E-state index contributed by atoms with van der Waals surface area (Å²) in [4.78, 5) is 23.6. The molecule has 0 saturated heterocycles. The lowest BCUT2D eigenvalue weighted by molar-refractivity contribution is -0.120. The third-order valence-corrected chi connectivity index (χ3v) is 3.74. The normalized spacial score (nSPS) is 10.5. The van der Waals surface area contributed by atoms with Gasteiger partial charge in [0.05, 0.1) is 11.8 Å². The highest BCUT2D eigenvalue weighted by Gasteiger charge is 2.09. The number of carbonyl (C=O) groups excluding carboxylic acids is 2. The quantitative estimate of drug-likeness (QED) is 0.523. The van der Waals surface area contributed by atoms with Gasteiger partial charge in [0.2, 0.25) is 5.91 Å². The summed E-state index contributed by atoms with van der Waals surface area (Å²) < 4.78 is 0.699. The van der Waals surface area contributed by atoms with E-state index in [-0.39, 0.29) is 30.5 Å². The van der Waals surface area contributed by atoms with Gasteiger partial charge in [-0.15, -0.1) is 0 Å². The first-order valence-electron chi connectivity index (χ1n) is 7.20. The lowest BCUT2D eigenvalue weighted by Gasteiger charge is -2.06. The van der Waals surface area contributed by atoms with Crippen molar-refractivity contribution in [3.05, 3.63) is 64.1 Å². The lowest BCUT2D eigenvalue weighted by Crippen LogP contribution is -2.29. The maximum absolute atomic E-state index is 12.0. The Morgan fingerprint density at radius 1 is 1.12 bits per heavy atom. The van der Waals surface area contributed by atoms with E-state index in [1.165, 1.54) is 18.3 Å². The summed E-state index contributed by atoms with van der Waals surface area (Å²) in [5.41, 5.74) is 3.64. The molecule has 0 unspecified atom stereocenters. The highest BCUT2D eigenvalue weighted by Crippen LogP contribution is 2.15. The largest absolute Gasteiger partial charge is 0.508 e. The number of nitrogens with zero attached hydrogens (tertiary/aromatic N) is 1. The Hall–Kier alpha value is -2.67. The van der Waals surface area contributed by atoms with Crippen LogP contribution in [0.5, 0.6) is 5.75 Å². The van der Waals surface area contributed by atoms with Gasteiger partial charge < -0.3 is 10.4 Å². The highest BCUT2D eigenvalue weighted by atomic mass is 79.9. The summed E-state index contributed by atoms with van der Waals surface area (Å²) in [6.07, 6.45) is 1.58. The number of aromatic hydroxyl groups is 1. The van der Waals surface area contributed by atoms with Crippen LogP contribution in [0.4, 0.5) is 0 Å². The van der Waals surface area contributed by atoms with E-state index >= 15 is 0 Å². The first-order chi connectivity index (χ1) is 11.6. The van der Waals surface area contributed by atoms with Gasteiger partial charge in [0.1, 0.15) is 5.75 Å². The van der Waals surface area contributed by atoms with Gasteiger partial charge in [0.15, 0.2) is 0 Å². The van der Waals surface area contributed by atoms with Crippen LogP contribution >= 0.6 is 15.9 Å². The number of hydrogen-bond donors (Lipinski definition) is 3. The van der Waals surface area contributed by atoms with Crippen LogP contribution in [0.2, 0.25) is 0 Å². The van der Waals surface area contributed by atoms with Crippen molar-refractivity contribution in [3.63, 3.8) is 0 Å². The van der Waals surface area contributed by atoms with Crippen molar-refractivity contribution in [3.8, 4) is 5.75 Å². The predicted molar refractivity (Wildman–Crippen MR) is 94.9 cm³/mol. The topological polar surface area (TPSA) is 90.8 Å². The Morgan fingerprint density at radius 3 is 2.54 bits per heavy atom. The van der Waals surface area contributed by atoms with Crippen molar-refractivity contribution < 1.29 is 14.7 Å². The fourth-order valence-corrected chi connectivity index (χ4v) is 2.29. The first-order valence-corrected chi connectivity index (χ1v) is 7.99. The number of rotatable bonds is 6. The van der Waals surface area contributed by atoms with E-state index < -0.39 is 0 Å². The van der Waals surface area contributed by atoms with Gasteiger partial charge >= 0.3 is 0 Å². The van der Waals surface area contributed by atoms with E-state index in [0.717, 1.165) is 5.56 Å². The molecule has 3 N–H and O–H groups in total. The Balaban J connectivity index is 1.72. The molecule has 0 heterocycles. The van der Waals surface area contributed by atoms with E-state index in [1.807, 2.05) is 6.07 Å². The Morgan fingerprint density at radius 2 is 1.83 bits per heavy atom. The summed E-state index contributed by atoms with van der Waals surface area (Å²) in [6, 6.07) is 13.5. The van der Waals surface area contributed by atoms with Crippen LogP contribution in [0.1, 0.15) is 22.3 Å². The molecular formula is C17H16BrN3O3. The minimum atomic E-state index is -0.308. The maximum Gasteiger partial charge on any atom is 0.252 e. The second kappa shape index (κ2) is 8.83. The third-order valence-electron chi connectivity index (χ3n) is 3.05. The molecule has 0 aliphatic carbocycles. The van der Waals surface area contributed by atoms with Crippen molar-refractivity contribution in [1.29, 1.82) is 0 Å². The molecule has 0 aliphatic heterocycles. The van der Waals surface area contributed by atoms with Crippen molar-refractivity contribution >= 4 is 34.0 Å². The van der Waals surface area contributed by atoms with E-state index in [4.69, 9.17) is 5.11 Å². The molecule has 0 bridgehead atoms. The predicted octanol–water partition coefficient (Wildman–Crippen LogP) is 2.42. The van der Waals surface area contributed by atoms with Crippen LogP contribution in [0.25, 0.3) is 0 Å². The molecule has 0 atom stereocenters. The molecule has 2 aromatic rings. The van der Waals surface area contributed by atoms with Crippen molar-refractivity contribution in [1.82, 2.24) is 10.7 Å². The molecule has 24 heavy (non-hydrogen) atoms. The first kappa shape index (κ1) is 17.7. The second-order valence-electron chi connectivity index (χ2n) is 4.87. The number of carbonyl (C=O) groups is 2. The van der Waals surface area contributed by atoms with E-state index in [9.17, 15) is 9.59 Å². The summed E-state index contributed by atoms with van der Waals surface area (Å²) in [6.45, 7) is 0.209. The molecule has 2 aromatic carbocycles. The SMILES string of the molecule is O=C(CCNC(=O)c1ccccc1Br)N/N=C/c1ccc(O)cc1. The number of phenols is 1. The average Bonchev–Trinajstić information content (AvgIpc) is 2.57. The standard InChI is InChI=1S/C17H16BrN3O3/c18-15-4-2-1-3-14(15)17(24)19-10-9-16(23)21-20-11-12-5-7-13(22)8-6-12/h1-8,11,22H,9-10H2,(H,19,24)(H,21,23)/b20-11+. The molecular weight excluding hydrogens is 374 g/mol. The van der Waals surface area contributed by atoms with Crippen molar-refractivity contribution in [2.75, 3.05) is 6.54 Å². The van der Waals surface area contributed by atoms with Crippen LogP contribution in [-0.2, 0) is 4.79 Å². The smallest absolute Gasteiger partial charge is 0.252 e. The summed E-state index contributed by atoms with van der Waals surface area (Å²) in [7, 11) is 0. The van der Waals surface area contributed by atoms with Crippen molar-refractivity contribution in [2.24, 2.45) is 5.10 Å². The number of nitrogens with one attached hydrogen (secondary N) is 2. The molecule has 0 aliphatic rings. The molecule has 0 saturated carbocycles. The molecule has 0 fully saturated rings. The minimum Gasteiger partial charge on any atom is -0.508 e. The van der Waals surface area contributed by atoms with Crippen LogP contribution in [0.15, 0.2) is 58.1 Å². The van der Waals surface area contributed by atoms with Gasteiger partial charge in [-0.3, -0.25) is 9.59 Å². The van der Waals surface area contributed by atoms with Gasteiger partial charge in [-0.05, 0) is 57.9 Å². The summed E-state index contributed by atoms with van der Waals surface area (Å²) in [5, 5.41) is 15.7. The zero-order chi connectivity index (χ0) is 17.4. The molecule has 7 heteroatoms. The van der Waals surface area contributed by atoms with Gasteiger partial charge in [-0.25, -0.2) is 5.43 Å².